The summed E-state index contributed by atoms with van der Waals surface area (Å²) in [5, 5.41) is 2.70. The van der Waals surface area contributed by atoms with Crippen LogP contribution in [0.5, 0.6) is 0 Å². The van der Waals surface area contributed by atoms with Crippen molar-refractivity contribution in [1.82, 2.24) is 14.8 Å². The smallest absolute Gasteiger partial charge is 0.325 e. The number of rotatable bonds is 5. The van der Waals surface area contributed by atoms with Crippen molar-refractivity contribution in [3.05, 3.63) is 58.7 Å². The number of urea groups is 1. The Morgan fingerprint density at radius 2 is 1.81 bits per heavy atom. The van der Waals surface area contributed by atoms with Crippen LogP contribution in [-0.4, -0.2) is 33.7 Å². The van der Waals surface area contributed by atoms with Crippen molar-refractivity contribution >= 4 is 17.7 Å². The fourth-order valence-corrected chi connectivity index (χ4v) is 3.51. The Balaban J connectivity index is 1.90. The molecule has 2 aromatic rings. The van der Waals surface area contributed by atoms with Gasteiger partial charge in [0.25, 0.3) is 5.91 Å². The molecule has 3 rings (SSSR count). The average molecular weight is 371 g/mol. The molecule has 142 valence electrons. The standard InChI is InChI=1S/C20H22FN3O3/c1-5-20(14-6-8-15(21)9-7-14)18(26)24(19(27)22-20)11-17(25)16-10-12(2)23(4)13(16)3/h6-10H,5,11H2,1-4H3,(H,22,27)/t20-/m0/s1. The van der Waals surface area contributed by atoms with Crippen molar-refractivity contribution in [2.24, 2.45) is 7.05 Å². The quantitative estimate of drug-likeness (QED) is 0.649. The first-order valence-electron chi connectivity index (χ1n) is 8.77. The van der Waals surface area contributed by atoms with Gasteiger partial charge in [0.2, 0.25) is 0 Å². The highest BCUT2D eigenvalue weighted by Gasteiger charge is 2.51. The van der Waals surface area contributed by atoms with E-state index >= 15 is 0 Å². The summed E-state index contributed by atoms with van der Waals surface area (Å²) in [6.45, 7) is 5.13. The third-order valence-electron chi connectivity index (χ3n) is 5.42. The number of Topliss-reactive ketones (excluding diaryl/α,β-unsaturated/α-hetero) is 1. The maximum absolute atomic E-state index is 13.3. The number of amides is 3. The second-order valence-electron chi connectivity index (χ2n) is 6.85. The largest absolute Gasteiger partial charge is 0.351 e. The Morgan fingerprint density at radius 1 is 1.19 bits per heavy atom. The molecule has 6 nitrogen and oxygen atoms in total. The number of halogens is 1. The van der Waals surface area contributed by atoms with E-state index in [9.17, 15) is 18.8 Å². The molecular weight excluding hydrogens is 349 g/mol. The fourth-order valence-electron chi connectivity index (χ4n) is 3.51. The maximum atomic E-state index is 13.3. The Labute approximate surface area is 157 Å². The summed E-state index contributed by atoms with van der Waals surface area (Å²) < 4.78 is 15.1. The number of nitrogens with one attached hydrogen (secondary N) is 1. The normalized spacial score (nSPS) is 19.5. The summed E-state index contributed by atoms with van der Waals surface area (Å²) in [5.41, 5.74) is 1.40. The zero-order chi connectivity index (χ0) is 19.9. The summed E-state index contributed by atoms with van der Waals surface area (Å²) >= 11 is 0. The lowest BCUT2D eigenvalue weighted by molar-refractivity contribution is -0.131. The molecule has 0 bridgehead atoms. The molecule has 1 aliphatic rings. The monoisotopic (exact) mass is 371 g/mol. The molecule has 0 saturated carbocycles. The van der Waals surface area contributed by atoms with Crippen molar-refractivity contribution in [3.63, 3.8) is 0 Å². The molecule has 27 heavy (non-hydrogen) atoms. The predicted molar refractivity (Wildman–Crippen MR) is 97.8 cm³/mol. The van der Waals surface area contributed by atoms with E-state index in [1.54, 1.807) is 13.0 Å². The minimum absolute atomic E-state index is 0.289. The second kappa shape index (κ2) is 6.64. The van der Waals surface area contributed by atoms with Gasteiger partial charge >= 0.3 is 6.03 Å². The Bertz CT molecular complexity index is 933. The summed E-state index contributed by atoms with van der Waals surface area (Å²) in [6, 6.07) is 6.58. The van der Waals surface area contributed by atoms with Crippen molar-refractivity contribution in [2.45, 2.75) is 32.7 Å². The molecule has 0 spiro atoms. The first kappa shape index (κ1) is 18.8. The van der Waals surface area contributed by atoms with Crippen LogP contribution in [0.3, 0.4) is 0 Å². The molecule has 1 saturated heterocycles. The van der Waals surface area contributed by atoms with Crippen LogP contribution < -0.4 is 5.32 Å². The molecule has 7 heteroatoms. The van der Waals surface area contributed by atoms with Crippen LogP contribution in [0.15, 0.2) is 30.3 Å². The molecule has 1 atom stereocenters. The van der Waals surface area contributed by atoms with E-state index in [0.29, 0.717) is 11.1 Å². The maximum Gasteiger partial charge on any atom is 0.325 e. The van der Waals surface area contributed by atoms with Crippen LogP contribution in [0.1, 0.15) is 40.7 Å². The molecule has 1 fully saturated rings. The number of aryl methyl sites for hydroxylation is 1. The first-order valence-corrected chi connectivity index (χ1v) is 8.77. The van der Waals surface area contributed by atoms with Crippen molar-refractivity contribution in [3.8, 4) is 0 Å². The summed E-state index contributed by atoms with van der Waals surface area (Å²) in [4.78, 5) is 39.2. The van der Waals surface area contributed by atoms with Crippen molar-refractivity contribution in [2.75, 3.05) is 6.54 Å². The van der Waals surface area contributed by atoms with E-state index in [0.717, 1.165) is 16.3 Å². The number of imide groups is 1. The molecule has 1 aromatic carbocycles. The van der Waals surface area contributed by atoms with Crippen molar-refractivity contribution < 1.29 is 18.8 Å². The van der Waals surface area contributed by atoms with Gasteiger partial charge < -0.3 is 9.88 Å². The zero-order valence-corrected chi connectivity index (χ0v) is 15.8. The van der Waals surface area contributed by atoms with Crippen LogP contribution in [0.25, 0.3) is 0 Å². The van der Waals surface area contributed by atoms with E-state index in [2.05, 4.69) is 5.32 Å². The highest BCUT2D eigenvalue weighted by molar-refractivity contribution is 6.11. The SMILES string of the molecule is CC[C@@]1(c2ccc(F)cc2)NC(=O)N(CC(=O)c2cc(C)n(C)c2C)C1=O. The number of benzene rings is 1. The lowest BCUT2D eigenvalue weighted by Gasteiger charge is -2.25. The van der Waals surface area contributed by atoms with E-state index in [1.165, 1.54) is 24.3 Å². The van der Waals surface area contributed by atoms with Gasteiger partial charge in [-0.1, -0.05) is 19.1 Å². The third-order valence-corrected chi connectivity index (χ3v) is 5.42. The average Bonchev–Trinajstić information content (AvgIpc) is 3.05. The summed E-state index contributed by atoms with van der Waals surface area (Å²) in [7, 11) is 1.85. The van der Waals surface area contributed by atoms with Gasteiger partial charge in [-0.05, 0) is 44.0 Å². The van der Waals surface area contributed by atoms with Crippen molar-refractivity contribution in [1.29, 1.82) is 0 Å². The van der Waals surface area contributed by atoms with Gasteiger partial charge in [-0.15, -0.1) is 0 Å². The molecule has 0 radical (unpaired) electrons. The molecule has 0 aliphatic carbocycles. The highest BCUT2D eigenvalue weighted by Crippen LogP contribution is 2.32. The van der Waals surface area contributed by atoms with Gasteiger partial charge in [0.05, 0.1) is 6.54 Å². The lowest BCUT2D eigenvalue weighted by Crippen LogP contribution is -2.43. The molecule has 3 amide bonds. The molecule has 2 heterocycles. The van der Waals surface area contributed by atoms with Gasteiger partial charge in [0.1, 0.15) is 11.4 Å². The van der Waals surface area contributed by atoms with E-state index < -0.39 is 23.3 Å². The summed E-state index contributed by atoms with van der Waals surface area (Å²) in [5.74, 6) is -1.23. The number of carbonyl (C=O) groups excluding carboxylic acids is 3. The Kier molecular flexibility index (Phi) is 4.63. The topological polar surface area (TPSA) is 71.4 Å². The van der Waals surface area contributed by atoms with Gasteiger partial charge in [0.15, 0.2) is 5.78 Å². The highest BCUT2D eigenvalue weighted by atomic mass is 19.1. The number of hydrogen-bond acceptors (Lipinski definition) is 3. The van der Waals surface area contributed by atoms with Gasteiger partial charge in [-0.2, -0.15) is 0 Å². The molecule has 0 unspecified atom stereocenters. The van der Waals surface area contributed by atoms with E-state index in [1.807, 2.05) is 25.5 Å². The van der Waals surface area contributed by atoms with Gasteiger partial charge in [0, 0.05) is 24.0 Å². The molecule has 1 N–H and O–H groups in total. The van der Waals surface area contributed by atoms with Crippen LogP contribution >= 0.6 is 0 Å². The summed E-state index contributed by atoms with van der Waals surface area (Å²) in [6.07, 6.45) is 0.289. The van der Waals surface area contributed by atoms with Crippen LogP contribution in [0.2, 0.25) is 0 Å². The zero-order valence-electron chi connectivity index (χ0n) is 15.8. The van der Waals surface area contributed by atoms with Crippen LogP contribution in [0, 0.1) is 19.7 Å². The van der Waals surface area contributed by atoms with Gasteiger partial charge in [-0.25, -0.2) is 9.18 Å². The minimum Gasteiger partial charge on any atom is -0.351 e. The molecule has 1 aromatic heterocycles. The Morgan fingerprint density at radius 3 is 2.33 bits per heavy atom. The molecule has 1 aliphatic heterocycles. The Hall–Kier alpha value is -2.96. The fraction of sp³-hybridized carbons (Fsp3) is 0.350. The third kappa shape index (κ3) is 2.93. The molecular formula is C20H22FN3O3. The lowest BCUT2D eigenvalue weighted by atomic mass is 9.87. The second-order valence-corrected chi connectivity index (χ2v) is 6.85. The number of carbonyl (C=O) groups is 3. The van der Waals surface area contributed by atoms with E-state index in [-0.39, 0.29) is 18.7 Å². The van der Waals surface area contributed by atoms with Crippen LogP contribution in [-0.2, 0) is 17.4 Å². The number of hydrogen-bond donors (Lipinski definition) is 1. The number of aromatic nitrogens is 1. The number of nitrogens with zero attached hydrogens (tertiary/aromatic N) is 2. The number of ketones is 1. The van der Waals surface area contributed by atoms with Gasteiger partial charge in [-0.3, -0.25) is 14.5 Å². The predicted octanol–water partition coefficient (Wildman–Crippen LogP) is 2.82. The van der Waals surface area contributed by atoms with E-state index in [4.69, 9.17) is 0 Å². The van der Waals surface area contributed by atoms with Crippen LogP contribution in [0.4, 0.5) is 9.18 Å². The first-order chi connectivity index (χ1) is 12.7. The minimum atomic E-state index is -1.29.